The van der Waals surface area contributed by atoms with Crippen LogP contribution in [0.4, 0.5) is 0 Å². The molecule has 0 saturated heterocycles. The van der Waals surface area contributed by atoms with Gasteiger partial charge in [-0.25, -0.2) is 4.98 Å². The minimum atomic E-state index is 0.00273. The van der Waals surface area contributed by atoms with Crippen LogP contribution in [-0.2, 0) is 11.8 Å². The molecule has 3 rings (SSSR count). The van der Waals surface area contributed by atoms with E-state index in [0.29, 0.717) is 0 Å². The smallest absolute Gasteiger partial charge is 0.223 e. The summed E-state index contributed by atoms with van der Waals surface area (Å²) in [6.07, 6.45) is 5.07. The number of imidazole rings is 1. The van der Waals surface area contributed by atoms with E-state index in [9.17, 15) is 4.79 Å². The van der Waals surface area contributed by atoms with Gasteiger partial charge in [-0.15, -0.1) is 0 Å². The molecule has 1 aliphatic rings. The van der Waals surface area contributed by atoms with Gasteiger partial charge in [0, 0.05) is 13.0 Å². The fourth-order valence-electron chi connectivity index (χ4n) is 2.61. The monoisotopic (exact) mass is 303 g/mol. The molecule has 1 atom stereocenters. The summed E-state index contributed by atoms with van der Waals surface area (Å²) in [7, 11) is 2.03. The molecule has 4 nitrogen and oxygen atoms in total. The van der Waals surface area contributed by atoms with Crippen molar-refractivity contribution >= 4 is 28.7 Å². The third-order valence-electron chi connectivity index (χ3n) is 4.01. The van der Waals surface area contributed by atoms with Gasteiger partial charge in [0.15, 0.2) is 0 Å². The highest BCUT2D eigenvalue weighted by molar-refractivity contribution is 7.98. The SMILES string of the molecule is CSCC[C@@H](NC(=O)C1CC1)c1nc2ccccc2n1C. The Bertz CT molecular complexity index is 648. The number of amides is 1. The van der Waals surface area contributed by atoms with Crippen molar-refractivity contribution in [2.45, 2.75) is 25.3 Å². The van der Waals surface area contributed by atoms with Gasteiger partial charge < -0.3 is 9.88 Å². The maximum atomic E-state index is 12.1. The Hall–Kier alpha value is -1.49. The topological polar surface area (TPSA) is 46.9 Å². The first-order chi connectivity index (χ1) is 10.2. The highest BCUT2D eigenvalue weighted by Gasteiger charge is 2.32. The maximum absolute atomic E-state index is 12.1. The minimum Gasteiger partial charge on any atom is -0.346 e. The fourth-order valence-corrected chi connectivity index (χ4v) is 3.08. The third-order valence-corrected chi connectivity index (χ3v) is 4.65. The van der Waals surface area contributed by atoms with E-state index in [0.717, 1.165) is 41.9 Å². The Morgan fingerprint density at radius 2 is 2.24 bits per heavy atom. The van der Waals surface area contributed by atoms with Crippen LogP contribution in [0.1, 0.15) is 31.1 Å². The summed E-state index contributed by atoms with van der Waals surface area (Å²) in [5.41, 5.74) is 2.10. The van der Waals surface area contributed by atoms with Gasteiger partial charge >= 0.3 is 0 Å². The van der Waals surface area contributed by atoms with Crippen molar-refractivity contribution in [3.8, 4) is 0 Å². The zero-order valence-electron chi connectivity index (χ0n) is 12.5. The number of thioether (sulfide) groups is 1. The summed E-state index contributed by atoms with van der Waals surface area (Å²) in [5, 5.41) is 3.20. The van der Waals surface area contributed by atoms with E-state index >= 15 is 0 Å². The van der Waals surface area contributed by atoms with Crippen molar-refractivity contribution in [2.24, 2.45) is 13.0 Å². The second-order valence-corrected chi connectivity index (χ2v) is 6.62. The Morgan fingerprint density at radius 3 is 2.90 bits per heavy atom. The maximum Gasteiger partial charge on any atom is 0.223 e. The molecule has 1 amide bonds. The average Bonchev–Trinajstić information content (AvgIpc) is 3.29. The quantitative estimate of drug-likeness (QED) is 0.892. The highest BCUT2D eigenvalue weighted by Crippen LogP contribution is 2.31. The lowest BCUT2D eigenvalue weighted by molar-refractivity contribution is -0.123. The zero-order chi connectivity index (χ0) is 14.8. The van der Waals surface area contributed by atoms with Crippen molar-refractivity contribution in [1.29, 1.82) is 0 Å². The van der Waals surface area contributed by atoms with E-state index < -0.39 is 0 Å². The number of nitrogens with zero attached hydrogens (tertiary/aromatic N) is 2. The molecular weight excluding hydrogens is 282 g/mol. The summed E-state index contributed by atoms with van der Waals surface area (Å²) in [6, 6.07) is 8.11. The summed E-state index contributed by atoms with van der Waals surface area (Å²) in [4.78, 5) is 16.9. The van der Waals surface area contributed by atoms with Crippen molar-refractivity contribution in [3.63, 3.8) is 0 Å². The second kappa shape index (κ2) is 6.10. The van der Waals surface area contributed by atoms with Gasteiger partial charge in [0.05, 0.1) is 17.1 Å². The van der Waals surface area contributed by atoms with Crippen LogP contribution in [0.15, 0.2) is 24.3 Å². The van der Waals surface area contributed by atoms with Crippen LogP contribution in [0.5, 0.6) is 0 Å². The van der Waals surface area contributed by atoms with Crippen LogP contribution in [0, 0.1) is 5.92 Å². The van der Waals surface area contributed by atoms with Gasteiger partial charge in [-0.1, -0.05) is 12.1 Å². The van der Waals surface area contributed by atoms with Crippen LogP contribution in [0.3, 0.4) is 0 Å². The van der Waals surface area contributed by atoms with Crippen LogP contribution in [0.2, 0.25) is 0 Å². The van der Waals surface area contributed by atoms with Crippen LogP contribution < -0.4 is 5.32 Å². The Kier molecular flexibility index (Phi) is 4.19. The lowest BCUT2D eigenvalue weighted by Crippen LogP contribution is -2.31. The highest BCUT2D eigenvalue weighted by atomic mass is 32.2. The normalized spacial score (nSPS) is 16.1. The molecule has 21 heavy (non-hydrogen) atoms. The predicted molar refractivity (Wildman–Crippen MR) is 87.3 cm³/mol. The number of nitrogens with one attached hydrogen (secondary N) is 1. The molecule has 1 aliphatic carbocycles. The summed E-state index contributed by atoms with van der Waals surface area (Å²) < 4.78 is 2.10. The Labute approximate surface area is 129 Å². The van der Waals surface area contributed by atoms with E-state index in [-0.39, 0.29) is 17.9 Å². The molecule has 0 aliphatic heterocycles. The number of hydrogen-bond acceptors (Lipinski definition) is 3. The standard InChI is InChI=1S/C16H21N3OS/c1-19-14-6-4-3-5-12(14)17-15(19)13(9-10-21-2)18-16(20)11-7-8-11/h3-6,11,13H,7-10H2,1-2H3,(H,18,20)/t13-/m1/s1. The largest absolute Gasteiger partial charge is 0.346 e. The third kappa shape index (κ3) is 3.07. The summed E-state index contributed by atoms with van der Waals surface area (Å²) >= 11 is 1.80. The molecule has 1 heterocycles. The number of hydrogen-bond donors (Lipinski definition) is 1. The van der Waals surface area contributed by atoms with Gasteiger partial charge in [-0.3, -0.25) is 4.79 Å². The number of benzene rings is 1. The van der Waals surface area contributed by atoms with Crippen molar-refractivity contribution in [3.05, 3.63) is 30.1 Å². The predicted octanol–water partition coefficient (Wildman–Crippen LogP) is 2.89. The average molecular weight is 303 g/mol. The second-order valence-electron chi connectivity index (χ2n) is 5.63. The number of aryl methyl sites for hydroxylation is 1. The first-order valence-corrected chi connectivity index (χ1v) is 8.80. The van der Waals surface area contributed by atoms with Crippen LogP contribution >= 0.6 is 11.8 Å². The zero-order valence-corrected chi connectivity index (χ0v) is 13.3. The van der Waals surface area contributed by atoms with Gasteiger partial charge in [0.2, 0.25) is 5.91 Å². The number of carbonyl (C=O) groups excluding carboxylic acids is 1. The molecule has 1 N–H and O–H groups in total. The molecule has 1 aromatic heterocycles. The number of aromatic nitrogens is 2. The molecule has 112 valence electrons. The van der Waals surface area contributed by atoms with E-state index in [1.54, 1.807) is 11.8 Å². The molecule has 5 heteroatoms. The lowest BCUT2D eigenvalue weighted by atomic mass is 10.2. The lowest BCUT2D eigenvalue weighted by Gasteiger charge is -2.18. The number of para-hydroxylation sites is 2. The van der Waals surface area contributed by atoms with Crippen LogP contribution in [0.25, 0.3) is 11.0 Å². The summed E-state index contributed by atoms with van der Waals surface area (Å²) in [6.45, 7) is 0. The van der Waals surface area contributed by atoms with Gasteiger partial charge in [-0.05, 0) is 43.4 Å². The van der Waals surface area contributed by atoms with Crippen LogP contribution in [-0.4, -0.2) is 27.5 Å². The minimum absolute atomic E-state index is 0.00273. The summed E-state index contributed by atoms with van der Waals surface area (Å²) in [5.74, 6) is 2.39. The molecule has 1 saturated carbocycles. The molecule has 1 fully saturated rings. The van der Waals surface area contributed by atoms with E-state index in [2.05, 4.69) is 22.2 Å². The fraction of sp³-hybridized carbons (Fsp3) is 0.500. The van der Waals surface area contributed by atoms with E-state index in [4.69, 9.17) is 4.98 Å². The van der Waals surface area contributed by atoms with E-state index in [1.165, 1.54) is 0 Å². The van der Waals surface area contributed by atoms with Crippen molar-refractivity contribution in [1.82, 2.24) is 14.9 Å². The number of fused-ring (bicyclic) bond motifs is 1. The molecular formula is C16H21N3OS. The van der Waals surface area contributed by atoms with E-state index in [1.807, 2.05) is 25.2 Å². The van der Waals surface area contributed by atoms with Crippen molar-refractivity contribution < 1.29 is 4.79 Å². The first kappa shape index (κ1) is 14.4. The number of rotatable bonds is 6. The number of carbonyl (C=O) groups is 1. The Morgan fingerprint density at radius 1 is 1.48 bits per heavy atom. The molecule has 0 unspecified atom stereocenters. The first-order valence-electron chi connectivity index (χ1n) is 7.41. The van der Waals surface area contributed by atoms with Gasteiger partial charge in [0.1, 0.15) is 5.82 Å². The van der Waals surface area contributed by atoms with Gasteiger partial charge in [0.25, 0.3) is 0 Å². The molecule has 0 radical (unpaired) electrons. The molecule has 1 aromatic carbocycles. The molecule has 0 bridgehead atoms. The molecule has 0 spiro atoms. The Balaban J connectivity index is 1.88. The van der Waals surface area contributed by atoms with Crippen molar-refractivity contribution in [2.75, 3.05) is 12.0 Å². The molecule has 2 aromatic rings. The van der Waals surface area contributed by atoms with Gasteiger partial charge in [-0.2, -0.15) is 11.8 Å².